The summed E-state index contributed by atoms with van der Waals surface area (Å²) in [6.45, 7) is 1.42. The Morgan fingerprint density at radius 2 is 1.58 bits per heavy atom. The van der Waals surface area contributed by atoms with E-state index in [4.69, 9.17) is 4.74 Å². The SMILES string of the molecule is CSC(=O)C(OC(C)=O)C12CC3CC(CC(C3)C1)C2. The van der Waals surface area contributed by atoms with Crippen LogP contribution in [0.1, 0.15) is 45.4 Å². The fourth-order valence-corrected chi connectivity index (χ4v) is 5.71. The molecule has 1 unspecified atom stereocenters. The number of hydrogen-bond donors (Lipinski definition) is 0. The molecule has 0 aromatic carbocycles. The van der Waals surface area contributed by atoms with Crippen molar-refractivity contribution in [1.29, 1.82) is 0 Å². The molecule has 0 N–H and O–H groups in total. The molecule has 106 valence electrons. The number of carbonyl (C=O) groups is 2. The third-order valence-electron chi connectivity index (χ3n) is 5.34. The average molecular weight is 282 g/mol. The van der Waals surface area contributed by atoms with Crippen LogP contribution in [0.4, 0.5) is 0 Å². The van der Waals surface area contributed by atoms with Gasteiger partial charge in [-0.3, -0.25) is 9.59 Å². The third-order valence-corrected chi connectivity index (χ3v) is 5.96. The van der Waals surface area contributed by atoms with Gasteiger partial charge in [-0.1, -0.05) is 11.8 Å². The van der Waals surface area contributed by atoms with Crippen molar-refractivity contribution in [3.63, 3.8) is 0 Å². The molecule has 4 heteroatoms. The Kier molecular flexibility index (Phi) is 3.40. The topological polar surface area (TPSA) is 43.4 Å². The van der Waals surface area contributed by atoms with E-state index in [1.54, 1.807) is 6.26 Å². The number of rotatable bonds is 3. The first kappa shape index (κ1) is 13.5. The molecule has 4 rings (SSSR count). The second kappa shape index (κ2) is 4.80. The molecule has 4 saturated carbocycles. The summed E-state index contributed by atoms with van der Waals surface area (Å²) in [6, 6.07) is 0. The van der Waals surface area contributed by atoms with E-state index in [0.717, 1.165) is 37.0 Å². The molecule has 0 aliphatic heterocycles. The minimum Gasteiger partial charge on any atom is -0.453 e. The van der Waals surface area contributed by atoms with E-state index >= 15 is 0 Å². The summed E-state index contributed by atoms with van der Waals surface area (Å²) in [5, 5.41) is 0.0390. The molecule has 0 heterocycles. The zero-order valence-electron chi connectivity index (χ0n) is 11.7. The maximum atomic E-state index is 12.2. The van der Waals surface area contributed by atoms with E-state index in [-0.39, 0.29) is 16.5 Å². The fraction of sp³-hybridized carbons (Fsp3) is 0.867. The second-order valence-electron chi connectivity index (χ2n) is 6.79. The summed E-state index contributed by atoms with van der Waals surface area (Å²) in [6.07, 6.45) is 8.54. The van der Waals surface area contributed by atoms with Gasteiger partial charge < -0.3 is 4.74 Å². The van der Waals surface area contributed by atoms with Crippen molar-refractivity contribution in [3.05, 3.63) is 0 Å². The van der Waals surface area contributed by atoms with Crippen LogP contribution in [0.3, 0.4) is 0 Å². The molecule has 4 bridgehead atoms. The molecule has 0 saturated heterocycles. The molecule has 4 fully saturated rings. The first-order chi connectivity index (χ1) is 9.02. The van der Waals surface area contributed by atoms with Gasteiger partial charge in [0.2, 0.25) is 5.12 Å². The third kappa shape index (κ3) is 2.32. The van der Waals surface area contributed by atoms with Gasteiger partial charge in [0.25, 0.3) is 0 Å². The standard InChI is InChI=1S/C15H22O3S/c1-9(16)18-13(14(17)19-2)15-6-10-3-11(7-15)5-12(4-10)8-15/h10-13H,3-8H2,1-2H3. The predicted octanol–water partition coefficient (Wildman–Crippen LogP) is 3.02. The number of esters is 1. The smallest absolute Gasteiger partial charge is 0.303 e. The van der Waals surface area contributed by atoms with E-state index < -0.39 is 6.10 Å². The number of carbonyl (C=O) groups excluding carboxylic acids is 2. The van der Waals surface area contributed by atoms with Crippen molar-refractivity contribution in [3.8, 4) is 0 Å². The molecule has 19 heavy (non-hydrogen) atoms. The Labute approximate surface area is 118 Å². The van der Waals surface area contributed by atoms with Crippen molar-refractivity contribution in [2.75, 3.05) is 6.26 Å². The summed E-state index contributed by atoms with van der Waals surface area (Å²) < 4.78 is 5.48. The highest BCUT2D eigenvalue weighted by atomic mass is 32.2. The minimum atomic E-state index is -0.506. The van der Waals surface area contributed by atoms with Crippen molar-refractivity contribution in [1.82, 2.24) is 0 Å². The predicted molar refractivity (Wildman–Crippen MR) is 74.7 cm³/mol. The van der Waals surface area contributed by atoms with Crippen molar-refractivity contribution in [2.24, 2.45) is 23.2 Å². The minimum absolute atomic E-state index is 0.0390. The second-order valence-corrected chi connectivity index (χ2v) is 7.60. The fourth-order valence-electron chi connectivity index (χ4n) is 5.19. The normalized spacial score (nSPS) is 41.1. The van der Waals surface area contributed by atoms with Crippen LogP contribution in [0.2, 0.25) is 0 Å². The van der Waals surface area contributed by atoms with Crippen molar-refractivity contribution < 1.29 is 14.3 Å². The van der Waals surface area contributed by atoms with Crippen molar-refractivity contribution >= 4 is 22.8 Å². The molecule has 0 amide bonds. The summed E-state index contributed by atoms with van der Waals surface area (Å²) >= 11 is 1.21. The molecule has 1 atom stereocenters. The van der Waals surface area contributed by atoms with Crippen LogP contribution in [0.15, 0.2) is 0 Å². The van der Waals surface area contributed by atoms with Gasteiger partial charge in [0.1, 0.15) is 0 Å². The number of thioether (sulfide) groups is 1. The number of ether oxygens (including phenoxy) is 1. The highest BCUT2D eigenvalue weighted by Gasteiger charge is 2.57. The summed E-state index contributed by atoms with van der Waals surface area (Å²) in [5.41, 5.74) is -0.0412. The van der Waals surface area contributed by atoms with Crippen LogP contribution >= 0.6 is 11.8 Å². The largest absolute Gasteiger partial charge is 0.453 e. The molecule has 0 aromatic rings. The lowest BCUT2D eigenvalue weighted by Crippen LogP contribution is -2.54. The quantitative estimate of drug-likeness (QED) is 0.746. The average Bonchev–Trinajstić information content (AvgIpc) is 2.33. The molecule has 4 aliphatic carbocycles. The summed E-state index contributed by atoms with van der Waals surface area (Å²) in [4.78, 5) is 23.6. The van der Waals surface area contributed by atoms with Crippen molar-refractivity contribution in [2.45, 2.75) is 51.6 Å². The molecule has 3 nitrogen and oxygen atoms in total. The maximum Gasteiger partial charge on any atom is 0.303 e. The lowest BCUT2D eigenvalue weighted by Gasteiger charge is -2.58. The van der Waals surface area contributed by atoms with Gasteiger partial charge in [-0.15, -0.1) is 0 Å². The van der Waals surface area contributed by atoms with Gasteiger partial charge in [-0.05, 0) is 62.5 Å². The first-order valence-electron chi connectivity index (χ1n) is 7.27. The molecular formula is C15H22O3S. The van der Waals surface area contributed by atoms with Gasteiger partial charge in [0.15, 0.2) is 6.10 Å². The van der Waals surface area contributed by atoms with Crippen LogP contribution in [-0.4, -0.2) is 23.4 Å². The Balaban J connectivity index is 1.88. The van der Waals surface area contributed by atoms with Gasteiger partial charge in [-0.25, -0.2) is 0 Å². The molecule has 0 aromatic heterocycles. The van der Waals surface area contributed by atoms with Crippen LogP contribution < -0.4 is 0 Å². The van der Waals surface area contributed by atoms with Crippen LogP contribution in [0.25, 0.3) is 0 Å². The molecule has 0 spiro atoms. The van der Waals surface area contributed by atoms with E-state index in [0.29, 0.717) is 0 Å². The van der Waals surface area contributed by atoms with E-state index in [9.17, 15) is 9.59 Å². The molecule has 4 aliphatic rings. The first-order valence-corrected chi connectivity index (χ1v) is 8.50. The highest BCUT2D eigenvalue weighted by Crippen LogP contribution is 2.62. The van der Waals surface area contributed by atoms with Crippen LogP contribution in [-0.2, 0) is 14.3 Å². The zero-order valence-corrected chi connectivity index (χ0v) is 12.5. The Hall–Kier alpha value is -0.510. The van der Waals surface area contributed by atoms with E-state index in [2.05, 4.69) is 0 Å². The Morgan fingerprint density at radius 3 is 1.95 bits per heavy atom. The monoisotopic (exact) mass is 282 g/mol. The van der Waals surface area contributed by atoms with E-state index in [1.165, 1.54) is 37.9 Å². The van der Waals surface area contributed by atoms with Crippen LogP contribution in [0.5, 0.6) is 0 Å². The van der Waals surface area contributed by atoms with Gasteiger partial charge in [0.05, 0.1) is 0 Å². The lowest BCUT2D eigenvalue weighted by molar-refractivity contribution is -0.173. The van der Waals surface area contributed by atoms with E-state index in [1.807, 2.05) is 0 Å². The van der Waals surface area contributed by atoms with Gasteiger partial charge in [-0.2, -0.15) is 0 Å². The molecule has 0 radical (unpaired) electrons. The molecular weight excluding hydrogens is 260 g/mol. The summed E-state index contributed by atoms with van der Waals surface area (Å²) in [7, 11) is 0. The van der Waals surface area contributed by atoms with Crippen LogP contribution in [0, 0.1) is 23.2 Å². The highest BCUT2D eigenvalue weighted by molar-refractivity contribution is 8.13. The van der Waals surface area contributed by atoms with Gasteiger partial charge in [0, 0.05) is 12.3 Å². The Morgan fingerprint density at radius 1 is 1.11 bits per heavy atom. The Bertz CT molecular complexity index is 369. The maximum absolute atomic E-state index is 12.2. The van der Waals surface area contributed by atoms with Gasteiger partial charge >= 0.3 is 5.97 Å². The number of hydrogen-bond acceptors (Lipinski definition) is 4. The summed E-state index contributed by atoms with van der Waals surface area (Å²) in [5.74, 6) is 1.97. The lowest BCUT2D eigenvalue weighted by atomic mass is 9.48. The zero-order chi connectivity index (χ0) is 13.6.